The van der Waals surface area contributed by atoms with Gasteiger partial charge in [-0.15, -0.1) is 0 Å². The van der Waals surface area contributed by atoms with Gasteiger partial charge in [-0.3, -0.25) is 14.5 Å². The highest BCUT2D eigenvalue weighted by Crippen LogP contribution is 2.11. The SMILES string of the molecule is CC(=O)CC(=O)OCc1cccc(CN2CCN(C)CC2)c1. The third-order valence-corrected chi connectivity index (χ3v) is 3.79. The predicted octanol–water partition coefficient (Wildman–Crippen LogP) is 1.46. The summed E-state index contributed by atoms with van der Waals surface area (Å²) in [6, 6.07) is 8.09. The number of Topliss-reactive ketones (excluding diaryl/α,β-unsaturated/α-hetero) is 1. The molecule has 0 bridgehead atoms. The molecule has 0 atom stereocenters. The number of ketones is 1. The number of ether oxygens (including phenoxy) is 1. The van der Waals surface area contributed by atoms with Gasteiger partial charge in [0.25, 0.3) is 0 Å². The number of carbonyl (C=O) groups is 2. The first-order chi connectivity index (χ1) is 10.5. The van der Waals surface area contributed by atoms with Crippen molar-refractivity contribution in [3.05, 3.63) is 35.4 Å². The zero-order valence-electron chi connectivity index (χ0n) is 13.4. The third-order valence-electron chi connectivity index (χ3n) is 3.79. The van der Waals surface area contributed by atoms with E-state index in [1.54, 1.807) is 0 Å². The van der Waals surface area contributed by atoms with E-state index in [1.165, 1.54) is 12.5 Å². The van der Waals surface area contributed by atoms with Crippen LogP contribution in [0.2, 0.25) is 0 Å². The molecule has 5 heteroatoms. The molecule has 22 heavy (non-hydrogen) atoms. The van der Waals surface area contributed by atoms with Crippen molar-refractivity contribution in [2.75, 3.05) is 33.2 Å². The van der Waals surface area contributed by atoms with Gasteiger partial charge in [0.05, 0.1) is 0 Å². The highest BCUT2D eigenvalue weighted by molar-refractivity contribution is 5.94. The van der Waals surface area contributed by atoms with Crippen LogP contribution in [0.1, 0.15) is 24.5 Å². The molecule has 1 aromatic carbocycles. The van der Waals surface area contributed by atoms with Crippen molar-refractivity contribution in [1.29, 1.82) is 0 Å². The van der Waals surface area contributed by atoms with E-state index in [4.69, 9.17) is 4.74 Å². The molecule has 1 saturated heterocycles. The Labute approximate surface area is 131 Å². The number of hydrogen-bond acceptors (Lipinski definition) is 5. The molecule has 0 aromatic heterocycles. The van der Waals surface area contributed by atoms with Crippen LogP contribution < -0.4 is 0 Å². The number of piperazine rings is 1. The normalized spacial score (nSPS) is 16.5. The van der Waals surface area contributed by atoms with Crippen molar-refractivity contribution in [3.8, 4) is 0 Å². The van der Waals surface area contributed by atoms with Crippen molar-refractivity contribution in [3.63, 3.8) is 0 Å². The highest BCUT2D eigenvalue weighted by Gasteiger charge is 2.14. The number of rotatable bonds is 6. The van der Waals surface area contributed by atoms with Gasteiger partial charge in [-0.25, -0.2) is 0 Å². The van der Waals surface area contributed by atoms with Crippen LogP contribution in [0.4, 0.5) is 0 Å². The molecule has 1 aliphatic rings. The molecule has 0 aliphatic carbocycles. The fourth-order valence-electron chi connectivity index (χ4n) is 2.50. The molecule has 1 aliphatic heterocycles. The van der Waals surface area contributed by atoms with E-state index in [0.29, 0.717) is 0 Å². The smallest absolute Gasteiger partial charge is 0.313 e. The molecule has 0 N–H and O–H groups in total. The Morgan fingerprint density at radius 3 is 2.50 bits per heavy atom. The fourth-order valence-corrected chi connectivity index (χ4v) is 2.50. The third kappa shape index (κ3) is 5.58. The summed E-state index contributed by atoms with van der Waals surface area (Å²) >= 11 is 0. The van der Waals surface area contributed by atoms with Crippen LogP contribution in [-0.4, -0.2) is 54.8 Å². The van der Waals surface area contributed by atoms with Crippen LogP contribution in [0.3, 0.4) is 0 Å². The summed E-state index contributed by atoms with van der Waals surface area (Å²) in [5, 5.41) is 0. The molecule has 1 heterocycles. The zero-order chi connectivity index (χ0) is 15.9. The van der Waals surface area contributed by atoms with Crippen LogP contribution >= 0.6 is 0 Å². The van der Waals surface area contributed by atoms with Gasteiger partial charge in [0, 0.05) is 32.7 Å². The quantitative estimate of drug-likeness (QED) is 0.588. The first kappa shape index (κ1) is 16.6. The lowest BCUT2D eigenvalue weighted by Gasteiger charge is -2.32. The standard InChI is InChI=1S/C17H24N2O3/c1-14(20)10-17(21)22-13-16-5-3-4-15(11-16)12-19-8-6-18(2)7-9-19/h3-5,11H,6-10,12-13H2,1-2H3. The van der Waals surface area contributed by atoms with E-state index >= 15 is 0 Å². The molecule has 0 spiro atoms. The van der Waals surface area contributed by atoms with Gasteiger partial charge in [-0.1, -0.05) is 24.3 Å². The number of likely N-dealkylation sites (N-methyl/N-ethyl adjacent to an activating group) is 1. The maximum atomic E-state index is 11.4. The van der Waals surface area contributed by atoms with Gasteiger partial charge in [0.15, 0.2) is 0 Å². The minimum atomic E-state index is -0.461. The van der Waals surface area contributed by atoms with E-state index in [0.717, 1.165) is 38.3 Å². The number of nitrogens with zero attached hydrogens (tertiary/aromatic N) is 2. The number of benzene rings is 1. The lowest BCUT2D eigenvalue weighted by atomic mass is 10.1. The van der Waals surface area contributed by atoms with Gasteiger partial charge in [-0.05, 0) is 25.1 Å². The summed E-state index contributed by atoms with van der Waals surface area (Å²) in [5.41, 5.74) is 2.19. The molecule has 0 unspecified atom stereocenters. The van der Waals surface area contributed by atoms with E-state index < -0.39 is 5.97 Å². The molecule has 1 aromatic rings. The van der Waals surface area contributed by atoms with Crippen LogP contribution in [0.25, 0.3) is 0 Å². The Morgan fingerprint density at radius 1 is 1.14 bits per heavy atom. The number of esters is 1. The lowest BCUT2D eigenvalue weighted by Crippen LogP contribution is -2.43. The largest absolute Gasteiger partial charge is 0.460 e. The predicted molar refractivity (Wildman–Crippen MR) is 84.3 cm³/mol. The summed E-state index contributed by atoms with van der Waals surface area (Å²) in [7, 11) is 2.15. The van der Waals surface area contributed by atoms with Crippen molar-refractivity contribution in [2.45, 2.75) is 26.5 Å². The Morgan fingerprint density at radius 2 is 1.82 bits per heavy atom. The molecule has 120 valence electrons. The molecule has 0 amide bonds. The van der Waals surface area contributed by atoms with Crippen molar-refractivity contribution < 1.29 is 14.3 Å². The summed E-state index contributed by atoms with van der Waals surface area (Å²) in [4.78, 5) is 27.0. The Hall–Kier alpha value is -1.72. The Bertz CT molecular complexity index is 522. The summed E-state index contributed by atoms with van der Waals surface area (Å²) in [6.45, 7) is 6.89. The Balaban J connectivity index is 1.84. The van der Waals surface area contributed by atoms with Gasteiger partial charge < -0.3 is 9.64 Å². The molecule has 2 rings (SSSR count). The average Bonchev–Trinajstić information content (AvgIpc) is 2.47. The summed E-state index contributed by atoms with van der Waals surface area (Å²) in [6.07, 6.45) is -0.152. The van der Waals surface area contributed by atoms with E-state index in [2.05, 4.69) is 29.0 Å². The molecule has 1 fully saturated rings. The number of hydrogen-bond donors (Lipinski definition) is 0. The fraction of sp³-hybridized carbons (Fsp3) is 0.529. The number of carbonyl (C=O) groups excluding carboxylic acids is 2. The van der Waals surface area contributed by atoms with E-state index in [1.807, 2.05) is 12.1 Å². The zero-order valence-corrected chi connectivity index (χ0v) is 13.4. The second kappa shape index (κ2) is 8.06. The summed E-state index contributed by atoms with van der Waals surface area (Å²) < 4.78 is 5.12. The van der Waals surface area contributed by atoms with Crippen molar-refractivity contribution >= 4 is 11.8 Å². The van der Waals surface area contributed by atoms with Crippen LogP contribution in [0, 0.1) is 0 Å². The van der Waals surface area contributed by atoms with Crippen LogP contribution in [-0.2, 0) is 27.5 Å². The summed E-state index contributed by atoms with van der Waals surface area (Å²) in [5.74, 6) is -0.634. The van der Waals surface area contributed by atoms with Crippen LogP contribution in [0.15, 0.2) is 24.3 Å². The topological polar surface area (TPSA) is 49.9 Å². The second-order valence-corrected chi connectivity index (χ2v) is 5.94. The van der Waals surface area contributed by atoms with Gasteiger partial charge in [0.1, 0.15) is 18.8 Å². The average molecular weight is 304 g/mol. The van der Waals surface area contributed by atoms with E-state index in [9.17, 15) is 9.59 Å². The van der Waals surface area contributed by atoms with Crippen molar-refractivity contribution in [2.24, 2.45) is 0 Å². The first-order valence-corrected chi connectivity index (χ1v) is 7.66. The maximum Gasteiger partial charge on any atom is 0.313 e. The monoisotopic (exact) mass is 304 g/mol. The van der Waals surface area contributed by atoms with Gasteiger partial charge in [-0.2, -0.15) is 0 Å². The molecule has 0 radical (unpaired) electrons. The molecular formula is C17H24N2O3. The maximum absolute atomic E-state index is 11.4. The lowest BCUT2D eigenvalue weighted by molar-refractivity contribution is -0.146. The first-order valence-electron chi connectivity index (χ1n) is 7.66. The molecule has 0 saturated carbocycles. The second-order valence-electron chi connectivity index (χ2n) is 5.94. The van der Waals surface area contributed by atoms with Crippen molar-refractivity contribution in [1.82, 2.24) is 9.80 Å². The molecule has 5 nitrogen and oxygen atoms in total. The minimum Gasteiger partial charge on any atom is -0.460 e. The van der Waals surface area contributed by atoms with Gasteiger partial charge in [0.2, 0.25) is 0 Å². The van der Waals surface area contributed by atoms with Gasteiger partial charge >= 0.3 is 5.97 Å². The highest BCUT2D eigenvalue weighted by atomic mass is 16.5. The van der Waals surface area contributed by atoms with E-state index in [-0.39, 0.29) is 18.8 Å². The minimum absolute atomic E-state index is 0.152. The molecular weight excluding hydrogens is 280 g/mol. The van der Waals surface area contributed by atoms with Crippen LogP contribution in [0.5, 0.6) is 0 Å². The Kier molecular flexibility index (Phi) is 6.10.